The Balaban J connectivity index is 1.59. The maximum absolute atomic E-state index is 9.90. The van der Waals surface area contributed by atoms with Crippen molar-refractivity contribution in [3.63, 3.8) is 0 Å². The van der Waals surface area contributed by atoms with Crippen LogP contribution in [0.1, 0.15) is 55.5 Å². The topological polar surface area (TPSA) is 79.7 Å². The van der Waals surface area contributed by atoms with E-state index >= 15 is 0 Å². The molecule has 0 amide bonds. The fourth-order valence-corrected chi connectivity index (χ4v) is 4.31. The van der Waals surface area contributed by atoms with Crippen molar-refractivity contribution in [1.29, 1.82) is 0 Å². The minimum atomic E-state index is -0.138. The lowest BCUT2D eigenvalue weighted by atomic mass is 9.86. The average molecular weight is 341 g/mol. The van der Waals surface area contributed by atoms with Gasteiger partial charge in [0.25, 0.3) is 0 Å². The Bertz CT molecular complexity index is 745. The molecule has 25 heavy (non-hydrogen) atoms. The summed E-state index contributed by atoms with van der Waals surface area (Å²) >= 11 is 0. The summed E-state index contributed by atoms with van der Waals surface area (Å²) in [4.78, 5) is 11.9. The zero-order valence-electron chi connectivity index (χ0n) is 14.9. The van der Waals surface area contributed by atoms with Gasteiger partial charge in [0.15, 0.2) is 0 Å². The van der Waals surface area contributed by atoms with Crippen LogP contribution in [0.15, 0.2) is 22.7 Å². The van der Waals surface area contributed by atoms with E-state index < -0.39 is 0 Å². The zero-order valence-corrected chi connectivity index (χ0v) is 14.9. The molecular weight excluding hydrogens is 314 g/mol. The van der Waals surface area contributed by atoms with E-state index in [-0.39, 0.29) is 12.8 Å². The molecule has 0 spiro atoms. The molecule has 1 aromatic heterocycles. The Morgan fingerprint density at radius 1 is 1.44 bits per heavy atom. The standard InChI is InChI=1S/C19H27N5O/c1-23(15-7-2-5-13-6-4-10-21-19(13)15)11-14-16(12-25)24-17(20)8-3-9-18(24)22-14/h3,6,9,15,17,25H,2,4-5,7-8,10-12,20H2,1H3/t15-,17?/m0/s1. The van der Waals surface area contributed by atoms with E-state index in [1.165, 1.54) is 17.7 Å². The molecule has 6 heteroatoms. The van der Waals surface area contributed by atoms with Gasteiger partial charge in [0.1, 0.15) is 5.82 Å². The van der Waals surface area contributed by atoms with Crippen LogP contribution in [0.3, 0.4) is 0 Å². The number of aromatic nitrogens is 2. The monoisotopic (exact) mass is 341 g/mol. The molecule has 1 aromatic rings. The molecule has 2 atom stereocenters. The van der Waals surface area contributed by atoms with E-state index in [1.54, 1.807) is 0 Å². The highest BCUT2D eigenvalue weighted by Crippen LogP contribution is 2.29. The van der Waals surface area contributed by atoms with Gasteiger partial charge < -0.3 is 15.4 Å². The molecule has 1 fully saturated rings. The van der Waals surface area contributed by atoms with Gasteiger partial charge in [0.2, 0.25) is 0 Å². The number of rotatable bonds is 4. The highest BCUT2D eigenvalue weighted by Gasteiger charge is 2.30. The predicted octanol–water partition coefficient (Wildman–Crippen LogP) is 2.00. The number of nitrogens with two attached hydrogens (primary N) is 1. The van der Waals surface area contributed by atoms with Crippen LogP contribution in [0.4, 0.5) is 0 Å². The van der Waals surface area contributed by atoms with Gasteiger partial charge in [-0.05, 0) is 50.8 Å². The van der Waals surface area contributed by atoms with Crippen molar-refractivity contribution in [2.75, 3.05) is 13.6 Å². The molecular formula is C19H27N5O. The van der Waals surface area contributed by atoms with Gasteiger partial charge in [-0.2, -0.15) is 0 Å². The molecule has 1 aliphatic carbocycles. The number of dihydropyridines is 1. The molecule has 2 aliphatic heterocycles. The van der Waals surface area contributed by atoms with E-state index in [0.29, 0.717) is 12.6 Å². The van der Waals surface area contributed by atoms with Gasteiger partial charge in [-0.1, -0.05) is 12.2 Å². The molecule has 4 rings (SSSR count). The van der Waals surface area contributed by atoms with E-state index in [0.717, 1.165) is 49.4 Å². The van der Waals surface area contributed by atoms with Crippen molar-refractivity contribution >= 4 is 11.8 Å². The number of aliphatic hydroxyl groups is 1. The third-order valence-electron chi connectivity index (χ3n) is 5.55. The van der Waals surface area contributed by atoms with Crippen molar-refractivity contribution in [2.24, 2.45) is 10.7 Å². The van der Waals surface area contributed by atoms with E-state index in [9.17, 15) is 5.11 Å². The Kier molecular flexibility index (Phi) is 4.58. The number of aliphatic hydroxyl groups excluding tert-OH is 1. The Morgan fingerprint density at radius 2 is 2.32 bits per heavy atom. The first-order chi connectivity index (χ1) is 12.2. The predicted molar refractivity (Wildman–Crippen MR) is 99.1 cm³/mol. The highest BCUT2D eigenvalue weighted by atomic mass is 16.3. The van der Waals surface area contributed by atoms with E-state index in [4.69, 9.17) is 15.7 Å². The summed E-state index contributed by atoms with van der Waals surface area (Å²) in [6, 6.07) is 0.342. The number of aliphatic imine (C=N–C) groups is 1. The van der Waals surface area contributed by atoms with Crippen molar-refractivity contribution < 1.29 is 5.11 Å². The highest BCUT2D eigenvalue weighted by molar-refractivity contribution is 6.05. The minimum Gasteiger partial charge on any atom is -0.390 e. The van der Waals surface area contributed by atoms with Crippen molar-refractivity contribution in [1.82, 2.24) is 14.5 Å². The molecule has 3 aliphatic rings. The maximum Gasteiger partial charge on any atom is 0.134 e. The van der Waals surface area contributed by atoms with Crippen molar-refractivity contribution in [2.45, 2.75) is 57.5 Å². The first-order valence-electron chi connectivity index (χ1n) is 9.26. The Morgan fingerprint density at radius 3 is 3.16 bits per heavy atom. The van der Waals surface area contributed by atoms with Gasteiger partial charge in [0.05, 0.1) is 35.9 Å². The summed E-state index contributed by atoms with van der Waals surface area (Å²) in [6.07, 6.45) is 11.6. The number of hydrogen-bond acceptors (Lipinski definition) is 5. The van der Waals surface area contributed by atoms with Crippen LogP contribution in [0.2, 0.25) is 0 Å². The summed E-state index contributed by atoms with van der Waals surface area (Å²) in [5, 5.41) is 9.90. The second-order valence-electron chi connectivity index (χ2n) is 7.21. The Labute approximate surface area is 148 Å². The molecule has 6 nitrogen and oxygen atoms in total. The molecule has 134 valence electrons. The number of nitrogens with zero attached hydrogens (tertiary/aromatic N) is 4. The summed E-state index contributed by atoms with van der Waals surface area (Å²) in [5.74, 6) is 0.852. The number of fused-ring (bicyclic) bond motifs is 2. The lowest BCUT2D eigenvalue weighted by molar-refractivity contribution is 0.247. The van der Waals surface area contributed by atoms with Gasteiger partial charge in [-0.15, -0.1) is 0 Å². The van der Waals surface area contributed by atoms with Crippen LogP contribution in [-0.4, -0.2) is 44.9 Å². The quantitative estimate of drug-likeness (QED) is 0.878. The lowest BCUT2D eigenvalue weighted by Crippen LogP contribution is -2.42. The SMILES string of the molecule is CN(Cc1nc2n(c1CO)C(N)CC=C2)[C@H]1CCCC2=CCCN=C21. The third kappa shape index (κ3) is 2.99. The van der Waals surface area contributed by atoms with Gasteiger partial charge in [0, 0.05) is 13.1 Å². The normalized spacial score (nSPS) is 25.4. The average Bonchev–Trinajstić information content (AvgIpc) is 2.99. The van der Waals surface area contributed by atoms with Crippen molar-refractivity contribution in [3.05, 3.63) is 34.9 Å². The summed E-state index contributed by atoms with van der Waals surface area (Å²) < 4.78 is 1.98. The van der Waals surface area contributed by atoms with Crippen LogP contribution in [-0.2, 0) is 13.2 Å². The molecule has 0 bridgehead atoms. The zero-order chi connectivity index (χ0) is 17.4. The van der Waals surface area contributed by atoms with Gasteiger partial charge in [-0.3, -0.25) is 9.89 Å². The second kappa shape index (κ2) is 6.86. The molecule has 3 heterocycles. The largest absolute Gasteiger partial charge is 0.390 e. The molecule has 0 radical (unpaired) electrons. The van der Waals surface area contributed by atoms with Gasteiger partial charge in [-0.25, -0.2) is 4.98 Å². The van der Waals surface area contributed by atoms with E-state index in [1.807, 2.05) is 10.6 Å². The summed E-state index contributed by atoms with van der Waals surface area (Å²) in [6.45, 7) is 1.57. The second-order valence-corrected chi connectivity index (χ2v) is 7.21. The third-order valence-corrected chi connectivity index (χ3v) is 5.55. The molecule has 3 N–H and O–H groups in total. The van der Waals surface area contributed by atoms with Crippen molar-refractivity contribution in [3.8, 4) is 0 Å². The van der Waals surface area contributed by atoms with Crippen LogP contribution in [0, 0.1) is 0 Å². The fourth-order valence-electron chi connectivity index (χ4n) is 4.31. The van der Waals surface area contributed by atoms with Crippen LogP contribution >= 0.6 is 0 Å². The first kappa shape index (κ1) is 16.7. The van der Waals surface area contributed by atoms with Crippen LogP contribution in [0.25, 0.3) is 6.08 Å². The summed E-state index contributed by atoms with van der Waals surface area (Å²) in [7, 11) is 2.14. The molecule has 0 aromatic carbocycles. The maximum atomic E-state index is 9.90. The number of imidazole rings is 1. The molecule has 0 saturated heterocycles. The minimum absolute atomic E-state index is 0.0333. The lowest BCUT2D eigenvalue weighted by Gasteiger charge is -2.35. The number of hydrogen-bond donors (Lipinski definition) is 2. The van der Waals surface area contributed by atoms with Gasteiger partial charge >= 0.3 is 0 Å². The summed E-state index contributed by atoms with van der Waals surface area (Å²) in [5.41, 5.74) is 10.7. The van der Waals surface area contributed by atoms with Crippen LogP contribution < -0.4 is 5.73 Å². The molecule has 1 unspecified atom stereocenters. The van der Waals surface area contributed by atoms with E-state index in [2.05, 4.69) is 24.1 Å². The van der Waals surface area contributed by atoms with Crippen LogP contribution in [0.5, 0.6) is 0 Å². The first-order valence-corrected chi connectivity index (χ1v) is 9.26. The molecule has 1 saturated carbocycles. The Hall–Kier alpha value is -1.76. The fraction of sp³-hybridized carbons (Fsp3) is 0.579. The smallest absolute Gasteiger partial charge is 0.134 e.